The molecule has 2 nitrogen and oxygen atoms in total. The van der Waals surface area contributed by atoms with Gasteiger partial charge in [-0.3, -0.25) is 4.79 Å². The average molecular weight is 377 g/mol. The van der Waals surface area contributed by atoms with Gasteiger partial charge in [-0.25, -0.2) is 0 Å². The van der Waals surface area contributed by atoms with Gasteiger partial charge in [-0.1, -0.05) is 44.0 Å². The number of nitrogens with one attached hydrogen (secondary N) is 1. The van der Waals surface area contributed by atoms with E-state index in [4.69, 9.17) is 0 Å². The third kappa shape index (κ3) is 5.11. The van der Waals surface area contributed by atoms with Crippen molar-refractivity contribution in [2.45, 2.75) is 38.6 Å². The molecule has 0 aliphatic rings. The second-order valence-electron chi connectivity index (χ2n) is 4.83. The molecule has 4 heteroatoms. The SMILES string of the molecule is CC(C)(NC(=O)CCCCBr)c1ccc(Br)cc1. The summed E-state index contributed by atoms with van der Waals surface area (Å²) in [6.07, 6.45) is 2.55. The predicted molar refractivity (Wildman–Crippen MR) is 83.0 cm³/mol. The van der Waals surface area contributed by atoms with Crippen molar-refractivity contribution in [3.63, 3.8) is 0 Å². The number of hydrogen-bond acceptors (Lipinski definition) is 1. The predicted octanol–water partition coefficient (Wildman–Crippen LogP) is 4.37. The molecule has 1 aromatic carbocycles. The van der Waals surface area contributed by atoms with E-state index in [1.165, 1.54) is 0 Å². The fourth-order valence-electron chi connectivity index (χ4n) is 1.73. The lowest BCUT2D eigenvalue weighted by molar-refractivity contribution is -0.122. The van der Waals surface area contributed by atoms with Crippen molar-refractivity contribution >= 4 is 37.8 Å². The summed E-state index contributed by atoms with van der Waals surface area (Å²) >= 11 is 6.78. The van der Waals surface area contributed by atoms with Crippen molar-refractivity contribution in [3.05, 3.63) is 34.3 Å². The van der Waals surface area contributed by atoms with Crippen LogP contribution in [0.5, 0.6) is 0 Å². The number of alkyl halides is 1. The molecule has 0 aliphatic heterocycles. The number of carbonyl (C=O) groups excluding carboxylic acids is 1. The van der Waals surface area contributed by atoms with Crippen molar-refractivity contribution in [1.29, 1.82) is 0 Å². The Kier molecular flexibility index (Phi) is 6.36. The second-order valence-corrected chi connectivity index (χ2v) is 6.53. The molecule has 0 unspecified atom stereocenters. The molecule has 1 amide bonds. The van der Waals surface area contributed by atoms with Crippen LogP contribution in [0.1, 0.15) is 38.7 Å². The molecule has 0 saturated carbocycles. The Labute approximate surface area is 126 Å². The fraction of sp³-hybridized carbons (Fsp3) is 0.500. The van der Waals surface area contributed by atoms with Crippen molar-refractivity contribution in [2.75, 3.05) is 5.33 Å². The zero-order chi connectivity index (χ0) is 13.6. The first kappa shape index (κ1) is 15.7. The molecule has 0 saturated heterocycles. The highest BCUT2D eigenvalue weighted by molar-refractivity contribution is 9.10. The maximum absolute atomic E-state index is 11.8. The summed E-state index contributed by atoms with van der Waals surface area (Å²) in [7, 11) is 0. The molecule has 0 fully saturated rings. The third-order valence-electron chi connectivity index (χ3n) is 2.81. The van der Waals surface area contributed by atoms with E-state index >= 15 is 0 Å². The Balaban J connectivity index is 2.58. The van der Waals surface area contributed by atoms with Crippen LogP contribution in [0.15, 0.2) is 28.7 Å². The summed E-state index contributed by atoms with van der Waals surface area (Å²) < 4.78 is 1.05. The van der Waals surface area contributed by atoms with E-state index in [-0.39, 0.29) is 11.4 Å². The summed E-state index contributed by atoms with van der Waals surface area (Å²) in [5.41, 5.74) is 0.783. The van der Waals surface area contributed by atoms with Crippen LogP contribution < -0.4 is 5.32 Å². The van der Waals surface area contributed by atoms with Crippen LogP contribution in [0.2, 0.25) is 0 Å². The first-order valence-electron chi connectivity index (χ1n) is 6.09. The van der Waals surface area contributed by atoms with Gasteiger partial charge in [0, 0.05) is 16.2 Å². The zero-order valence-electron chi connectivity index (χ0n) is 10.8. The molecule has 1 rings (SSSR count). The highest BCUT2D eigenvalue weighted by Crippen LogP contribution is 2.22. The lowest BCUT2D eigenvalue weighted by Gasteiger charge is -2.27. The van der Waals surface area contributed by atoms with Gasteiger partial charge in [-0.05, 0) is 44.4 Å². The normalized spacial score (nSPS) is 11.3. The topological polar surface area (TPSA) is 29.1 Å². The van der Waals surface area contributed by atoms with E-state index in [1.54, 1.807) is 0 Å². The van der Waals surface area contributed by atoms with Crippen LogP contribution in [0.25, 0.3) is 0 Å². The maximum atomic E-state index is 11.8. The summed E-state index contributed by atoms with van der Waals surface area (Å²) in [5.74, 6) is 0.115. The van der Waals surface area contributed by atoms with Gasteiger partial charge in [0.15, 0.2) is 0 Å². The average Bonchev–Trinajstić information content (AvgIpc) is 2.29. The van der Waals surface area contributed by atoms with E-state index in [0.29, 0.717) is 6.42 Å². The largest absolute Gasteiger partial charge is 0.347 e. The first-order valence-corrected chi connectivity index (χ1v) is 8.00. The number of rotatable bonds is 6. The summed E-state index contributed by atoms with van der Waals surface area (Å²) in [6.45, 7) is 4.05. The molecule has 18 heavy (non-hydrogen) atoms. The van der Waals surface area contributed by atoms with Gasteiger partial charge in [0.25, 0.3) is 0 Å². The van der Waals surface area contributed by atoms with E-state index < -0.39 is 0 Å². The Morgan fingerprint density at radius 3 is 2.39 bits per heavy atom. The Bertz CT molecular complexity index is 387. The summed E-state index contributed by atoms with van der Waals surface area (Å²) in [5, 5.41) is 4.04. The smallest absolute Gasteiger partial charge is 0.220 e. The molecule has 1 N–H and O–H groups in total. The molecule has 0 heterocycles. The van der Waals surface area contributed by atoms with Crippen molar-refractivity contribution in [2.24, 2.45) is 0 Å². The summed E-state index contributed by atoms with van der Waals surface area (Å²) in [6, 6.07) is 8.05. The van der Waals surface area contributed by atoms with Crippen molar-refractivity contribution in [1.82, 2.24) is 5.32 Å². The van der Waals surface area contributed by atoms with Gasteiger partial charge in [0.05, 0.1) is 5.54 Å². The molecular formula is C14H19Br2NO. The minimum Gasteiger partial charge on any atom is -0.347 e. The number of carbonyl (C=O) groups is 1. The van der Waals surface area contributed by atoms with Crippen LogP contribution >= 0.6 is 31.9 Å². The first-order chi connectivity index (χ1) is 8.45. The van der Waals surface area contributed by atoms with Crippen molar-refractivity contribution < 1.29 is 4.79 Å². The van der Waals surface area contributed by atoms with E-state index in [1.807, 2.05) is 38.1 Å². The molecule has 100 valence electrons. The molecule has 0 radical (unpaired) electrons. The molecule has 0 aliphatic carbocycles. The second kappa shape index (κ2) is 7.29. The van der Waals surface area contributed by atoms with Gasteiger partial charge in [-0.15, -0.1) is 0 Å². The molecule has 0 spiro atoms. The molecular weight excluding hydrogens is 358 g/mol. The Hall–Kier alpha value is -0.350. The third-order valence-corrected chi connectivity index (χ3v) is 3.89. The number of benzene rings is 1. The molecule has 0 bridgehead atoms. The number of unbranched alkanes of at least 4 members (excludes halogenated alkanes) is 1. The van der Waals surface area contributed by atoms with Gasteiger partial charge < -0.3 is 5.32 Å². The molecule has 0 atom stereocenters. The number of halogens is 2. The van der Waals surface area contributed by atoms with Gasteiger partial charge in [0.1, 0.15) is 0 Å². The number of amides is 1. The standard InChI is InChI=1S/C14H19Br2NO/c1-14(2,11-6-8-12(16)9-7-11)17-13(18)5-3-4-10-15/h6-9H,3-5,10H2,1-2H3,(H,17,18). The highest BCUT2D eigenvalue weighted by Gasteiger charge is 2.22. The lowest BCUT2D eigenvalue weighted by Crippen LogP contribution is -2.40. The van der Waals surface area contributed by atoms with Crippen LogP contribution in [0.4, 0.5) is 0 Å². The molecule has 0 aromatic heterocycles. The minimum atomic E-state index is -0.327. The lowest BCUT2D eigenvalue weighted by atomic mass is 9.94. The highest BCUT2D eigenvalue weighted by atomic mass is 79.9. The zero-order valence-corrected chi connectivity index (χ0v) is 14.0. The van der Waals surface area contributed by atoms with E-state index in [0.717, 1.165) is 28.2 Å². The van der Waals surface area contributed by atoms with Crippen LogP contribution in [-0.4, -0.2) is 11.2 Å². The Morgan fingerprint density at radius 2 is 1.83 bits per heavy atom. The van der Waals surface area contributed by atoms with Crippen LogP contribution in [-0.2, 0) is 10.3 Å². The van der Waals surface area contributed by atoms with Crippen LogP contribution in [0, 0.1) is 0 Å². The molecule has 1 aromatic rings. The van der Waals surface area contributed by atoms with Gasteiger partial charge in [0.2, 0.25) is 5.91 Å². The summed E-state index contributed by atoms with van der Waals surface area (Å²) in [4.78, 5) is 11.8. The fourth-order valence-corrected chi connectivity index (χ4v) is 2.39. The maximum Gasteiger partial charge on any atom is 0.220 e. The quantitative estimate of drug-likeness (QED) is 0.579. The van der Waals surface area contributed by atoms with E-state index in [9.17, 15) is 4.79 Å². The van der Waals surface area contributed by atoms with E-state index in [2.05, 4.69) is 37.2 Å². The van der Waals surface area contributed by atoms with Gasteiger partial charge >= 0.3 is 0 Å². The van der Waals surface area contributed by atoms with Crippen LogP contribution in [0.3, 0.4) is 0 Å². The monoisotopic (exact) mass is 375 g/mol. The number of hydrogen-bond donors (Lipinski definition) is 1. The minimum absolute atomic E-state index is 0.115. The van der Waals surface area contributed by atoms with Gasteiger partial charge in [-0.2, -0.15) is 0 Å². The Morgan fingerprint density at radius 1 is 1.22 bits per heavy atom. The van der Waals surface area contributed by atoms with Crippen molar-refractivity contribution in [3.8, 4) is 0 Å².